The van der Waals surface area contributed by atoms with E-state index in [4.69, 9.17) is 17.0 Å². The standard InChI is InChI=1S/C20H19IN2O2S/c1-3-13-23(14-4-2)20(26)25-18-11-5-15(6-12-18)19(24)22-17-9-7-16(21)8-10-17/h3-12H,1-2,13-14H2,(H,22,24). The maximum Gasteiger partial charge on any atom is 0.265 e. The molecule has 134 valence electrons. The first-order valence-electron chi connectivity index (χ1n) is 7.89. The zero-order valence-corrected chi connectivity index (χ0v) is 17.1. The molecule has 0 aromatic heterocycles. The van der Waals surface area contributed by atoms with E-state index in [-0.39, 0.29) is 5.91 Å². The van der Waals surface area contributed by atoms with Crippen LogP contribution in [0, 0.1) is 3.57 Å². The van der Waals surface area contributed by atoms with Crippen molar-refractivity contribution in [2.24, 2.45) is 0 Å². The molecule has 6 heteroatoms. The summed E-state index contributed by atoms with van der Waals surface area (Å²) in [7, 11) is 0. The number of anilines is 1. The molecule has 0 aliphatic heterocycles. The highest BCUT2D eigenvalue weighted by Gasteiger charge is 2.10. The normalized spacial score (nSPS) is 9.88. The number of benzene rings is 2. The molecule has 0 saturated carbocycles. The van der Waals surface area contributed by atoms with Crippen LogP contribution in [0.25, 0.3) is 0 Å². The monoisotopic (exact) mass is 478 g/mol. The molecule has 2 aromatic carbocycles. The first-order valence-corrected chi connectivity index (χ1v) is 9.37. The zero-order valence-electron chi connectivity index (χ0n) is 14.2. The molecule has 0 heterocycles. The number of carbonyl (C=O) groups excluding carboxylic acids is 1. The summed E-state index contributed by atoms with van der Waals surface area (Å²) in [5.41, 5.74) is 1.29. The van der Waals surface area contributed by atoms with Crippen molar-refractivity contribution in [1.82, 2.24) is 4.90 Å². The van der Waals surface area contributed by atoms with Gasteiger partial charge in [-0.25, -0.2) is 0 Å². The smallest absolute Gasteiger partial charge is 0.265 e. The maximum absolute atomic E-state index is 12.3. The fraction of sp³-hybridized carbons (Fsp3) is 0.100. The summed E-state index contributed by atoms with van der Waals surface area (Å²) >= 11 is 7.52. The van der Waals surface area contributed by atoms with Gasteiger partial charge in [0.2, 0.25) is 0 Å². The maximum atomic E-state index is 12.3. The molecule has 0 spiro atoms. The van der Waals surface area contributed by atoms with Crippen molar-refractivity contribution in [1.29, 1.82) is 0 Å². The van der Waals surface area contributed by atoms with Crippen molar-refractivity contribution in [3.05, 3.63) is 83.0 Å². The van der Waals surface area contributed by atoms with Crippen LogP contribution >= 0.6 is 34.8 Å². The Hall–Kier alpha value is -2.19. The highest BCUT2D eigenvalue weighted by molar-refractivity contribution is 14.1. The van der Waals surface area contributed by atoms with Crippen LogP contribution in [0.3, 0.4) is 0 Å². The second-order valence-corrected chi connectivity index (χ2v) is 6.93. The lowest BCUT2D eigenvalue weighted by Crippen LogP contribution is -2.33. The molecule has 2 aromatic rings. The Morgan fingerprint density at radius 2 is 1.65 bits per heavy atom. The summed E-state index contributed by atoms with van der Waals surface area (Å²) in [6.07, 6.45) is 3.49. The minimum atomic E-state index is -0.180. The number of halogens is 1. The first kappa shape index (κ1) is 20.1. The first-order chi connectivity index (χ1) is 12.5. The van der Waals surface area contributed by atoms with Gasteiger partial charge >= 0.3 is 0 Å². The predicted molar refractivity (Wildman–Crippen MR) is 119 cm³/mol. The van der Waals surface area contributed by atoms with Crippen LogP contribution in [-0.4, -0.2) is 29.1 Å². The molecule has 1 N–H and O–H groups in total. The number of hydrogen-bond acceptors (Lipinski definition) is 3. The summed E-state index contributed by atoms with van der Waals surface area (Å²) < 4.78 is 6.79. The fourth-order valence-corrected chi connectivity index (χ4v) is 2.72. The average molecular weight is 478 g/mol. The van der Waals surface area contributed by atoms with Crippen molar-refractivity contribution in [2.75, 3.05) is 18.4 Å². The lowest BCUT2D eigenvalue weighted by atomic mass is 10.2. The molecule has 0 aliphatic carbocycles. The lowest BCUT2D eigenvalue weighted by Gasteiger charge is -2.21. The van der Waals surface area contributed by atoms with Gasteiger partial charge in [0.1, 0.15) is 5.75 Å². The Morgan fingerprint density at radius 3 is 2.19 bits per heavy atom. The van der Waals surface area contributed by atoms with Gasteiger partial charge in [0.25, 0.3) is 11.1 Å². The van der Waals surface area contributed by atoms with E-state index < -0.39 is 0 Å². The van der Waals surface area contributed by atoms with E-state index >= 15 is 0 Å². The molecule has 1 amide bonds. The molecule has 2 rings (SSSR count). The van der Waals surface area contributed by atoms with Crippen molar-refractivity contribution >= 4 is 51.6 Å². The van der Waals surface area contributed by atoms with E-state index in [9.17, 15) is 4.79 Å². The van der Waals surface area contributed by atoms with E-state index in [1.54, 1.807) is 36.4 Å². The van der Waals surface area contributed by atoms with Crippen LogP contribution in [-0.2, 0) is 0 Å². The molecular weight excluding hydrogens is 459 g/mol. The summed E-state index contributed by atoms with van der Waals surface area (Å²) in [6.45, 7) is 8.55. The van der Waals surface area contributed by atoms with Crippen LogP contribution in [0.2, 0.25) is 0 Å². The Bertz CT molecular complexity index is 778. The molecular formula is C20H19IN2O2S. The van der Waals surface area contributed by atoms with Crippen LogP contribution in [0.4, 0.5) is 5.69 Å². The number of amides is 1. The van der Waals surface area contributed by atoms with E-state index in [0.717, 1.165) is 9.26 Å². The highest BCUT2D eigenvalue weighted by Crippen LogP contribution is 2.16. The van der Waals surface area contributed by atoms with Crippen LogP contribution in [0.5, 0.6) is 5.75 Å². The Morgan fingerprint density at radius 1 is 1.08 bits per heavy atom. The van der Waals surface area contributed by atoms with Gasteiger partial charge in [-0.15, -0.1) is 13.2 Å². The molecule has 0 aliphatic rings. The predicted octanol–water partition coefficient (Wildman–Crippen LogP) is 4.88. The molecule has 0 saturated heterocycles. The highest BCUT2D eigenvalue weighted by atomic mass is 127. The van der Waals surface area contributed by atoms with Gasteiger partial charge in [0.15, 0.2) is 0 Å². The van der Waals surface area contributed by atoms with Crippen LogP contribution in [0.1, 0.15) is 10.4 Å². The van der Waals surface area contributed by atoms with Gasteiger partial charge < -0.3 is 15.0 Å². The van der Waals surface area contributed by atoms with Crippen molar-refractivity contribution in [2.45, 2.75) is 0 Å². The van der Waals surface area contributed by atoms with E-state index in [1.165, 1.54) is 0 Å². The number of thiocarbonyl (C=S) groups is 1. The zero-order chi connectivity index (χ0) is 18.9. The molecule has 0 atom stereocenters. The summed E-state index contributed by atoms with van der Waals surface area (Å²) in [5, 5.41) is 3.19. The molecule has 0 bridgehead atoms. The minimum absolute atomic E-state index is 0.180. The Balaban J connectivity index is 1.99. The quantitative estimate of drug-likeness (QED) is 0.350. The van der Waals surface area contributed by atoms with Gasteiger partial charge in [-0.3, -0.25) is 4.79 Å². The van der Waals surface area contributed by atoms with Gasteiger partial charge in [-0.2, -0.15) is 0 Å². The average Bonchev–Trinajstić information content (AvgIpc) is 2.64. The third kappa shape index (κ3) is 5.96. The number of hydrogen-bond donors (Lipinski definition) is 1. The second-order valence-electron chi connectivity index (χ2n) is 5.34. The van der Waals surface area contributed by atoms with Crippen LogP contribution in [0.15, 0.2) is 73.8 Å². The van der Waals surface area contributed by atoms with Crippen molar-refractivity contribution < 1.29 is 9.53 Å². The van der Waals surface area contributed by atoms with E-state index in [2.05, 4.69) is 41.1 Å². The summed E-state index contributed by atoms with van der Waals surface area (Å²) in [6, 6.07) is 14.4. The largest absolute Gasteiger partial charge is 0.432 e. The summed E-state index contributed by atoms with van der Waals surface area (Å²) in [4.78, 5) is 14.1. The molecule has 0 unspecified atom stereocenters. The molecule has 26 heavy (non-hydrogen) atoms. The lowest BCUT2D eigenvalue weighted by molar-refractivity contribution is 0.102. The fourth-order valence-electron chi connectivity index (χ4n) is 2.11. The molecule has 4 nitrogen and oxygen atoms in total. The molecule has 0 radical (unpaired) electrons. The third-order valence-corrected chi connectivity index (χ3v) is 4.44. The number of rotatable bonds is 7. The SMILES string of the molecule is C=CCN(CC=C)C(=S)Oc1ccc(C(=O)Nc2ccc(I)cc2)cc1. The van der Waals surface area contributed by atoms with Gasteiger partial charge in [0.05, 0.1) is 0 Å². The van der Waals surface area contributed by atoms with Gasteiger partial charge in [-0.1, -0.05) is 12.2 Å². The van der Waals surface area contributed by atoms with E-state index in [0.29, 0.717) is 29.6 Å². The Kier molecular flexibility index (Phi) is 7.80. The van der Waals surface area contributed by atoms with Crippen molar-refractivity contribution in [3.8, 4) is 5.75 Å². The van der Waals surface area contributed by atoms with Crippen LogP contribution < -0.4 is 10.1 Å². The molecule has 0 fully saturated rings. The van der Waals surface area contributed by atoms with Gasteiger partial charge in [-0.05, 0) is 83.3 Å². The third-order valence-electron chi connectivity index (χ3n) is 3.38. The topological polar surface area (TPSA) is 41.6 Å². The van der Waals surface area contributed by atoms with E-state index in [1.807, 2.05) is 29.2 Å². The Labute approximate surface area is 172 Å². The number of nitrogens with one attached hydrogen (secondary N) is 1. The van der Waals surface area contributed by atoms with Crippen molar-refractivity contribution in [3.63, 3.8) is 0 Å². The number of carbonyl (C=O) groups is 1. The minimum Gasteiger partial charge on any atom is -0.432 e. The second kappa shape index (κ2) is 10.1. The number of ether oxygens (including phenoxy) is 1. The number of nitrogens with zero attached hydrogens (tertiary/aromatic N) is 1. The summed E-state index contributed by atoms with van der Waals surface area (Å²) in [5.74, 6) is 0.388. The van der Waals surface area contributed by atoms with Gasteiger partial charge in [0, 0.05) is 27.9 Å².